The largest absolute Gasteiger partial charge is 0.352 e. The van der Waals surface area contributed by atoms with Crippen molar-refractivity contribution in [1.82, 2.24) is 15.1 Å². The highest BCUT2D eigenvalue weighted by Crippen LogP contribution is 2.19. The molecule has 4 rings (SSSR count). The molecule has 2 fully saturated rings. The predicted octanol–water partition coefficient (Wildman–Crippen LogP) is 4.63. The Morgan fingerprint density at radius 3 is 2.15 bits per heavy atom. The lowest BCUT2D eigenvalue weighted by Crippen LogP contribution is -2.42. The van der Waals surface area contributed by atoms with Crippen LogP contribution in [-0.2, 0) is 22.7 Å². The SMILES string of the molecule is O=C(NCc1ccc(CN2CCCCCC2)cc1)C1CCN(C(=O)/C=C/c2ccccc2)CC1. The molecule has 0 aliphatic carbocycles. The lowest BCUT2D eigenvalue weighted by molar-refractivity contribution is -0.132. The number of likely N-dealkylation sites (tertiary alicyclic amines) is 2. The fourth-order valence-corrected chi connectivity index (χ4v) is 4.85. The van der Waals surface area contributed by atoms with Crippen LogP contribution < -0.4 is 5.32 Å². The number of amides is 2. The molecular formula is C29H37N3O2. The molecule has 5 nitrogen and oxygen atoms in total. The van der Waals surface area contributed by atoms with E-state index in [0.717, 1.165) is 17.7 Å². The fraction of sp³-hybridized carbons (Fsp3) is 0.448. The van der Waals surface area contributed by atoms with Gasteiger partial charge in [-0.3, -0.25) is 14.5 Å². The van der Waals surface area contributed by atoms with Gasteiger partial charge in [0.2, 0.25) is 11.8 Å². The Hall–Kier alpha value is -2.92. The third-order valence-corrected chi connectivity index (χ3v) is 6.99. The average molecular weight is 460 g/mol. The summed E-state index contributed by atoms with van der Waals surface area (Å²) in [6, 6.07) is 18.5. The molecule has 2 aliphatic rings. The van der Waals surface area contributed by atoms with E-state index in [1.165, 1.54) is 44.3 Å². The average Bonchev–Trinajstić information content (AvgIpc) is 3.16. The molecule has 0 bridgehead atoms. The number of hydrogen-bond donors (Lipinski definition) is 1. The standard InChI is InChI=1S/C29H37N3O2/c33-28(15-14-24-8-4-3-5-9-24)32-20-16-27(17-21-32)29(34)30-22-25-10-12-26(13-11-25)23-31-18-6-1-2-7-19-31/h3-5,8-15,27H,1-2,6-7,16-23H2,(H,30,34)/b15-14+. The number of hydrogen-bond acceptors (Lipinski definition) is 3. The lowest BCUT2D eigenvalue weighted by atomic mass is 9.95. The second kappa shape index (κ2) is 12.5. The number of benzene rings is 2. The number of rotatable bonds is 7. The summed E-state index contributed by atoms with van der Waals surface area (Å²) in [5.74, 6) is 0.0907. The quantitative estimate of drug-likeness (QED) is 0.614. The second-order valence-electron chi connectivity index (χ2n) is 9.57. The Kier molecular flexibility index (Phi) is 8.91. The minimum absolute atomic E-state index is 0.0166. The van der Waals surface area contributed by atoms with Crippen molar-refractivity contribution in [2.24, 2.45) is 5.92 Å². The molecule has 2 aliphatic heterocycles. The molecule has 180 valence electrons. The van der Waals surface area contributed by atoms with E-state index in [0.29, 0.717) is 32.5 Å². The maximum absolute atomic E-state index is 12.7. The van der Waals surface area contributed by atoms with Gasteiger partial charge in [0.05, 0.1) is 0 Å². The van der Waals surface area contributed by atoms with Crippen LogP contribution in [0.15, 0.2) is 60.7 Å². The predicted molar refractivity (Wildman–Crippen MR) is 137 cm³/mol. The van der Waals surface area contributed by atoms with Crippen molar-refractivity contribution in [2.45, 2.75) is 51.6 Å². The van der Waals surface area contributed by atoms with Gasteiger partial charge in [-0.05, 0) is 61.5 Å². The maximum atomic E-state index is 12.7. The molecule has 2 aromatic rings. The van der Waals surface area contributed by atoms with E-state index in [-0.39, 0.29) is 17.7 Å². The molecule has 0 atom stereocenters. The van der Waals surface area contributed by atoms with E-state index in [4.69, 9.17) is 0 Å². The van der Waals surface area contributed by atoms with Crippen molar-refractivity contribution in [3.63, 3.8) is 0 Å². The van der Waals surface area contributed by atoms with Crippen molar-refractivity contribution in [2.75, 3.05) is 26.2 Å². The molecule has 2 heterocycles. The van der Waals surface area contributed by atoms with Crippen LogP contribution in [0.2, 0.25) is 0 Å². The highest BCUT2D eigenvalue weighted by atomic mass is 16.2. The van der Waals surface area contributed by atoms with Crippen molar-refractivity contribution in [1.29, 1.82) is 0 Å². The fourth-order valence-electron chi connectivity index (χ4n) is 4.85. The van der Waals surface area contributed by atoms with Crippen LogP contribution in [0.4, 0.5) is 0 Å². The molecule has 0 spiro atoms. The number of carbonyl (C=O) groups excluding carboxylic acids is 2. The van der Waals surface area contributed by atoms with Gasteiger partial charge in [0.1, 0.15) is 0 Å². The van der Waals surface area contributed by atoms with Crippen molar-refractivity contribution in [3.05, 3.63) is 77.4 Å². The maximum Gasteiger partial charge on any atom is 0.246 e. The monoisotopic (exact) mass is 459 g/mol. The lowest BCUT2D eigenvalue weighted by Gasteiger charge is -2.30. The third kappa shape index (κ3) is 7.29. The summed E-state index contributed by atoms with van der Waals surface area (Å²) in [7, 11) is 0. The van der Waals surface area contributed by atoms with Gasteiger partial charge in [0.15, 0.2) is 0 Å². The smallest absolute Gasteiger partial charge is 0.246 e. The summed E-state index contributed by atoms with van der Waals surface area (Å²) in [6.07, 6.45) is 10.2. The minimum Gasteiger partial charge on any atom is -0.352 e. The van der Waals surface area contributed by atoms with E-state index in [1.807, 2.05) is 41.3 Å². The first-order chi connectivity index (χ1) is 16.7. The zero-order valence-electron chi connectivity index (χ0n) is 20.1. The van der Waals surface area contributed by atoms with Crippen molar-refractivity contribution < 1.29 is 9.59 Å². The first-order valence-corrected chi connectivity index (χ1v) is 12.8. The van der Waals surface area contributed by atoms with Gasteiger partial charge in [0.25, 0.3) is 0 Å². The van der Waals surface area contributed by atoms with Crippen LogP contribution in [0.5, 0.6) is 0 Å². The van der Waals surface area contributed by atoms with Crippen LogP contribution in [0.1, 0.15) is 55.2 Å². The van der Waals surface area contributed by atoms with Gasteiger partial charge in [-0.25, -0.2) is 0 Å². The summed E-state index contributed by atoms with van der Waals surface area (Å²) in [5.41, 5.74) is 3.49. The first kappa shape index (κ1) is 24.2. The topological polar surface area (TPSA) is 52.7 Å². The molecule has 2 saturated heterocycles. The first-order valence-electron chi connectivity index (χ1n) is 12.8. The molecule has 1 N–H and O–H groups in total. The zero-order chi connectivity index (χ0) is 23.6. The van der Waals surface area contributed by atoms with Crippen LogP contribution in [0.25, 0.3) is 6.08 Å². The van der Waals surface area contributed by atoms with Gasteiger partial charge in [0, 0.05) is 38.2 Å². The van der Waals surface area contributed by atoms with E-state index in [9.17, 15) is 9.59 Å². The Morgan fingerprint density at radius 2 is 1.47 bits per heavy atom. The molecule has 2 amide bonds. The second-order valence-corrected chi connectivity index (χ2v) is 9.57. The molecule has 2 aromatic carbocycles. The summed E-state index contributed by atoms with van der Waals surface area (Å²) < 4.78 is 0. The molecular weight excluding hydrogens is 422 g/mol. The van der Waals surface area contributed by atoms with Gasteiger partial charge >= 0.3 is 0 Å². The van der Waals surface area contributed by atoms with E-state index < -0.39 is 0 Å². The van der Waals surface area contributed by atoms with Gasteiger partial charge in [-0.2, -0.15) is 0 Å². The molecule has 0 unspecified atom stereocenters. The summed E-state index contributed by atoms with van der Waals surface area (Å²) >= 11 is 0. The van der Waals surface area contributed by atoms with Crippen LogP contribution in [0, 0.1) is 5.92 Å². The highest BCUT2D eigenvalue weighted by Gasteiger charge is 2.26. The summed E-state index contributed by atoms with van der Waals surface area (Å²) in [5, 5.41) is 3.10. The Balaban J connectivity index is 1.17. The molecule has 0 saturated carbocycles. The number of carbonyl (C=O) groups is 2. The van der Waals surface area contributed by atoms with Gasteiger partial charge in [-0.1, -0.05) is 67.4 Å². The van der Waals surface area contributed by atoms with Crippen molar-refractivity contribution in [3.8, 4) is 0 Å². The Labute approximate surface area is 203 Å². The van der Waals surface area contributed by atoms with Crippen molar-refractivity contribution >= 4 is 17.9 Å². The van der Waals surface area contributed by atoms with Gasteiger partial charge in [-0.15, -0.1) is 0 Å². The van der Waals surface area contributed by atoms with Crippen LogP contribution in [-0.4, -0.2) is 47.8 Å². The summed E-state index contributed by atoms with van der Waals surface area (Å²) in [6.45, 7) is 5.23. The van der Waals surface area contributed by atoms with E-state index >= 15 is 0 Å². The molecule has 34 heavy (non-hydrogen) atoms. The minimum atomic E-state index is -0.0236. The molecule has 0 aromatic heterocycles. The normalized spacial score (nSPS) is 18.1. The number of piperidine rings is 1. The Bertz CT molecular complexity index is 939. The van der Waals surface area contributed by atoms with Crippen LogP contribution >= 0.6 is 0 Å². The number of nitrogens with one attached hydrogen (secondary N) is 1. The number of nitrogens with zero attached hydrogens (tertiary/aromatic N) is 2. The zero-order valence-corrected chi connectivity index (χ0v) is 20.1. The van der Waals surface area contributed by atoms with E-state index in [1.54, 1.807) is 6.08 Å². The van der Waals surface area contributed by atoms with Gasteiger partial charge < -0.3 is 10.2 Å². The third-order valence-electron chi connectivity index (χ3n) is 6.99. The molecule has 5 heteroatoms. The highest BCUT2D eigenvalue weighted by molar-refractivity contribution is 5.92. The van der Waals surface area contributed by atoms with E-state index in [2.05, 4.69) is 34.5 Å². The Morgan fingerprint density at radius 1 is 0.824 bits per heavy atom. The summed E-state index contributed by atoms with van der Waals surface area (Å²) in [4.78, 5) is 29.5. The molecule has 0 radical (unpaired) electrons. The van der Waals surface area contributed by atoms with Crippen LogP contribution in [0.3, 0.4) is 0 Å².